The molecule has 1 aromatic carbocycles. The predicted molar refractivity (Wildman–Crippen MR) is 295 cm³/mol. The first-order valence-electron chi connectivity index (χ1n) is 27.7. The zero-order valence-corrected chi connectivity index (χ0v) is 46.3. The third-order valence-corrected chi connectivity index (χ3v) is 13.1. The number of aromatic nitrogens is 1. The maximum absolute atomic E-state index is 14.6. The first-order chi connectivity index (χ1) is 37.3. The lowest BCUT2D eigenvalue weighted by Crippen LogP contribution is -2.61. The van der Waals surface area contributed by atoms with Crippen LogP contribution in [0.5, 0.6) is 0 Å². The van der Waals surface area contributed by atoms with Gasteiger partial charge in [0.15, 0.2) is 0 Å². The van der Waals surface area contributed by atoms with Crippen molar-refractivity contribution in [2.24, 2.45) is 29.0 Å². The van der Waals surface area contributed by atoms with Crippen LogP contribution in [-0.4, -0.2) is 144 Å². The van der Waals surface area contributed by atoms with Crippen LogP contribution in [0.3, 0.4) is 0 Å². The number of aliphatic hydroxyl groups is 1. The standard InChI is InChI=1S/C55H89N13O10/c1-6-7-8-9-13-18-38(69)32-47(70)61-45(31-37-17-14-26-59-33-37)54(77)65-42-22-27-60-48(71)43(28-34(2)3)66-50(73)40(20-24-57)62-49(72)39(19-23-56)64-55(78)46(30-36-15-11-10-12-16-36)68-53(76)44(29-35(4)5)67-51(74)41(21-25-58)63-52(42)75/h10-12,14-17,26,33-35,38-46,69H,6-9,13,18-25,27-32,56-58H2,1-5H3,(H,60,71)(H,61,70)(H,62,72)(H,63,75)(H,64,78)(H,65,77)(H,66,73)(H,67,74)(H,68,76)/t38-,39+,40+,41+,42+,43+,44-,45-,46+/m1/s1. The second-order valence-electron chi connectivity index (χ2n) is 20.9. The smallest absolute Gasteiger partial charge is 0.243 e. The molecule has 9 amide bonds. The number of unbranched alkanes of at least 4 members (excludes halogenated alkanes) is 4. The minimum absolute atomic E-state index is 0.0396. The van der Waals surface area contributed by atoms with Crippen molar-refractivity contribution in [2.75, 3.05) is 26.2 Å². The number of hydrogen-bond acceptors (Lipinski definition) is 14. The van der Waals surface area contributed by atoms with E-state index in [9.17, 15) is 48.3 Å². The molecule has 9 atom stereocenters. The van der Waals surface area contributed by atoms with Gasteiger partial charge in [-0.1, -0.05) is 103 Å². The molecule has 1 aromatic heterocycles. The predicted octanol–water partition coefficient (Wildman–Crippen LogP) is -0.485. The highest BCUT2D eigenvalue weighted by Crippen LogP contribution is 2.14. The SMILES string of the molecule is CCCCCCC[C@@H](O)CC(=O)N[C@H](Cc1cccnc1)C(=O)N[C@H]1CCNC(=O)[C@H](CC(C)C)NC(=O)[C@H](CCN)NC(=O)[C@H](CCN)NC(=O)[C@H](Cc2ccccc2)NC(=O)[C@@H](CC(C)C)NC(=O)[C@H](CCN)NC1=O. The summed E-state index contributed by atoms with van der Waals surface area (Å²) in [5.41, 5.74) is 19.1. The van der Waals surface area contributed by atoms with E-state index in [1.54, 1.807) is 48.7 Å². The molecule has 0 radical (unpaired) electrons. The molecule has 0 spiro atoms. The molecular weight excluding hydrogens is 1000 g/mol. The molecule has 1 fully saturated rings. The molecule has 1 aliphatic heterocycles. The van der Waals surface area contributed by atoms with Gasteiger partial charge in [-0.25, -0.2) is 0 Å². The van der Waals surface area contributed by atoms with Crippen molar-refractivity contribution in [3.8, 4) is 0 Å². The Kier molecular flexibility index (Phi) is 30.1. The van der Waals surface area contributed by atoms with Crippen molar-refractivity contribution < 1.29 is 48.3 Å². The Labute approximate surface area is 459 Å². The largest absolute Gasteiger partial charge is 0.393 e. The Bertz CT molecular complexity index is 2210. The van der Waals surface area contributed by atoms with Crippen LogP contribution in [0.4, 0.5) is 0 Å². The van der Waals surface area contributed by atoms with Crippen LogP contribution in [0.25, 0.3) is 0 Å². The normalized spacial score (nSPS) is 22.4. The summed E-state index contributed by atoms with van der Waals surface area (Å²) in [4.78, 5) is 132. The molecule has 1 saturated heterocycles. The summed E-state index contributed by atoms with van der Waals surface area (Å²) in [5.74, 6) is -7.11. The van der Waals surface area contributed by atoms with Crippen LogP contribution in [0.2, 0.25) is 0 Å². The van der Waals surface area contributed by atoms with Gasteiger partial charge in [0.05, 0.1) is 12.5 Å². The molecule has 1 aliphatic rings. The molecule has 434 valence electrons. The van der Waals surface area contributed by atoms with E-state index in [1.807, 2.05) is 27.7 Å². The van der Waals surface area contributed by atoms with E-state index in [1.165, 1.54) is 6.20 Å². The third kappa shape index (κ3) is 24.4. The lowest BCUT2D eigenvalue weighted by atomic mass is 10.00. The molecule has 0 bridgehead atoms. The lowest BCUT2D eigenvalue weighted by molar-refractivity contribution is -0.136. The molecular formula is C55H89N13O10. The van der Waals surface area contributed by atoms with Gasteiger partial charge in [-0.15, -0.1) is 0 Å². The van der Waals surface area contributed by atoms with Gasteiger partial charge in [-0.3, -0.25) is 48.1 Å². The number of pyridine rings is 1. The Morgan fingerprint density at radius 2 is 1.12 bits per heavy atom. The van der Waals surface area contributed by atoms with Crippen molar-refractivity contribution in [2.45, 2.75) is 185 Å². The van der Waals surface area contributed by atoms with E-state index in [2.05, 4.69) is 59.8 Å². The van der Waals surface area contributed by atoms with Crippen molar-refractivity contribution in [1.29, 1.82) is 0 Å². The molecule has 23 nitrogen and oxygen atoms in total. The maximum Gasteiger partial charge on any atom is 0.243 e. The van der Waals surface area contributed by atoms with Crippen LogP contribution >= 0.6 is 0 Å². The number of carbonyl (C=O) groups is 9. The van der Waals surface area contributed by atoms with Gasteiger partial charge in [-0.05, 0) is 93.6 Å². The van der Waals surface area contributed by atoms with E-state index in [4.69, 9.17) is 17.2 Å². The number of aliphatic hydroxyl groups excluding tert-OH is 1. The third-order valence-electron chi connectivity index (χ3n) is 13.1. The number of carbonyl (C=O) groups excluding carboxylic acids is 9. The number of nitrogens with zero attached hydrogens (tertiary/aromatic N) is 1. The molecule has 0 saturated carbocycles. The maximum atomic E-state index is 14.6. The van der Waals surface area contributed by atoms with E-state index in [0.29, 0.717) is 17.5 Å². The Hall–Kier alpha value is -6.56. The fourth-order valence-corrected chi connectivity index (χ4v) is 8.93. The highest BCUT2D eigenvalue weighted by Gasteiger charge is 2.36. The van der Waals surface area contributed by atoms with Crippen molar-refractivity contribution in [3.63, 3.8) is 0 Å². The minimum atomic E-state index is -1.48. The number of nitrogens with two attached hydrogens (primary N) is 3. The van der Waals surface area contributed by atoms with Crippen LogP contribution in [-0.2, 0) is 56.0 Å². The van der Waals surface area contributed by atoms with Gasteiger partial charge in [0.1, 0.15) is 48.3 Å². The first kappa shape index (κ1) is 65.7. The van der Waals surface area contributed by atoms with Gasteiger partial charge in [0.25, 0.3) is 0 Å². The van der Waals surface area contributed by atoms with E-state index < -0.39 is 108 Å². The molecule has 2 heterocycles. The Morgan fingerprint density at radius 3 is 1.64 bits per heavy atom. The summed E-state index contributed by atoms with van der Waals surface area (Å²) >= 11 is 0. The van der Waals surface area contributed by atoms with Gasteiger partial charge >= 0.3 is 0 Å². The zero-order valence-electron chi connectivity index (χ0n) is 46.3. The second kappa shape index (κ2) is 35.8. The quantitative estimate of drug-likeness (QED) is 0.0559. The van der Waals surface area contributed by atoms with Gasteiger partial charge in [-0.2, -0.15) is 0 Å². The molecule has 0 aliphatic carbocycles. The van der Waals surface area contributed by atoms with Crippen LogP contribution < -0.4 is 65.1 Å². The first-order valence-corrected chi connectivity index (χ1v) is 27.7. The second-order valence-corrected chi connectivity index (χ2v) is 20.9. The Balaban J connectivity index is 2.12. The summed E-state index contributed by atoms with van der Waals surface area (Å²) in [6.07, 6.45) is 6.54. The van der Waals surface area contributed by atoms with E-state index >= 15 is 0 Å². The zero-order chi connectivity index (χ0) is 57.6. The van der Waals surface area contributed by atoms with Gasteiger partial charge in [0, 0.05) is 31.8 Å². The summed E-state index contributed by atoms with van der Waals surface area (Å²) in [5, 5.41) is 35.2. The van der Waals surface area contributed by atoms with Crippen LogP contribution in [0.1, 0.15) is 129 Å². The Morgan fingerprint density at radius 1 is 0.628 bits per heavy atom. The number of amides is 9. The summed E-state index contributed by atoms with van der Waals surface area (Å²) in [7, 11) is 0. The van der Waals surface area contributed by atoms with Crippen molar-refractivity contribution in [1.82, 2.24) is 52.8 Å². The molecule has 16 N–H and O–H groups in total. The molecule has 2 aromatic rings. The number of rotatable bonds is 25. The summed E-state index contributed by atoms with van der Waals surface area (Å²) in [6, 6.07) is 1.71. The fourth-order valence-electron chi connectivity index (χ4n) is 8.93. The van der Waals surface area contributed by atoms with Crippen molar-refractivity contribution in [3.05, 3.63) is 66.0 Å². The monoisotopic (exact) mass is 1090 g/mol. The topological polar surface area (TPSA) is 373 Å². The van der Waals surface area contributed by atoms with Crippen molar-refractivity contribution >= 4 is 53.2 Å². The summed E-state index contributed by atoms with van der Waals surface area (Å²) < 4.78 is 0. The van der Waals surface area contributed by atoms with Crippen LogP contribution in [0, 0.1) is 11.8 Å². The molecule has 0 unspecified atom stereocenters. The fraction of sp³-hybridized carbons (Fsp3) is 0.636. The highest BCUT2D eigenvalue weighted by atomic mass is 16.3. The average molecular weight is 1090 g/mol. The van der Waals surface area contributed by atoms with E-state index in [0.717, 1.165) is 32.1 Å². The average Bonchev–Trinajstić information content (AvgIpc) is 3.40. The number of benzene rings is 1. The van der Waals surface area contributed by atoms with E-state index in [-0.39, 0.29) is 95.8 Å². The molecule has 23 heteroatoms. The summed E-state index contributed by atoms with van der Waals surface area (Å²) in [6.45, 7) is 8.93. The molecule has 78 heavy (non-hydrogen) atoms. The van der Waals surface area contributed by atoms with Crippen LogP contribution in [0.15, 0.2) is 54.9 Å². The molecule has 3 rings (SSSR count). The van der Waals surface area contributed by atoms with Gasteiger partial charge < -0.3 is 70.2 Å². The van der Waals surface area contributed by atoms with Gasteiger partial charge in [0.2, 0.25) is 53.2 Å². The highest BCUT2D eigenvalue weighted by molar-refractivity contribution is 5.98. The number of hydrogen-bond donors (Lipinski definition) is 13. The minimum Gasteiger partial charge on any atom is -0.393 e. The lowest BCUT2D eigenvalue weighted by Gasteiger charge is -2.28. The number of nitrogens with one attached hydrogen (secondary N) is 9.